The van der Waals surface area contributed by atoms with Gasteiger partial charge in [-0.25, -0.2) is 9.13 Å². The van der Waals surface area contributed by atoms with Gasteiger partial charge < -0.3 is 0 Å². The molecule has 2 nitrogen and oxygen atoms in total. The predicted molar refractivity (Wildman–Crippen MR) is 131 cm³/mol. The fourth-order valence-corrected chi connectivity index (χ4v) is 4.95. The Morgan fingerprint density at radius 2 is 1.52 bits per heavy atom. The van der Waals surface area contributed by atoms with Gasteiger partial charge >= 0.3 is 0 Å². The SMILES string of the molecule is CCCCCCC[n+]1ccn(C(CCC)C(C)(Cc2ccccc2)c2ccccc2)c1. The summed E-state index contributed by atoms with van der Waals surface area (Å²) in [7, 11) is 0. The van der Waals surface area contributed by atoms with Crippen LogP contribution in [-0.4, -0.2) is 4.57 Å². The molecule has 2 aromatic carbocycles. The molecule has 0 amide bonds. The fraction of sp³-hybridized carbons (Fsp3) is 0.483. The Morgan fingerprint density at radius 1 is 0.839 bits per heavy atom. The average Bonchev–Trinajstić information content (AvgIpc) is 3.27. The van der Waals surface area contributed by atoms with E-state index in [0.717, 1.165) is 13.0 Å². The van der Waals surface area contributed by atoms with Crippen LogP contribution < -0.4 is 4.57 Å². The summed E-state index contributed by atoms with van der Waals surface area (Å²) in [6.07, 6.45) is 17.0. The van der Waals surface area contributed by atoms with Gasteiger partial charge in [-0.2, -0.15) is 0 Å². The highest BCUT2D eigenvalue weighted by molar-refractivity contribution is 5.30. The summed E-state index contributed by atoms with van der Waals surface area (Å²) in [4.78, 5) is 0. The molecule has 2 unspecified atom stereocenters. The lowest BCUT2D eigenvalue weighted by Crippen LogP contribution is -2.37. The summed E-state index contributed by atoms with van der Waals surface area (Å²) < 4.78 is 4.88. The minimum Gasteiger partial charge on any atom is -0.237 e. The number of unbranched alkanes of at least 4 members (excludes halogenated alkanes) is 4. The summed E-state index contributed by atoms with van der Waals surface area (Å²) in [5.74, 6) is 0. The molecule has 0 N–H and O–H groups in total. The van der Waals surface area contributed by atoms with E-state index in [4.69, 9.17) is 0 Å². The quantitative estimate of drug-likeness (QED) is 0.204. The van der Waals surface area contributed by atoms with Crippen molar-refractivity contribution in [2.45, 2.75) is 90.1 Å². The zero-order valence-electron chi connectivity index (χ0n) is 19.8. The molecule has 2 atom stereocenters. The minimum atomic E-state index is 0.0244. The van der Waals surface area contributed by atoms with Gasteiger partial charge in [-0.05, 0) is 36.8 Å². The molecule has 0 aliphatic heterocycles. The summed E-state index contributed by atoms with van der Waals surface area (Å²) in [5, 5.41) is 0. The first-order valence-electron chi connectivity index (χ1n) is 12.3. The predicted octanol–water partition coefficient (Wildman–Crippen LogP) is 7.29. The molecule has 0 bridgehead atoms. The molecular formula is C29H41N2+. The van der Waals surface area contributed by atoms with Crippen molar-refractivity contribution in [3.63, 3.8) is 0 Å². The maximum atomic E-state index is 2.49. The lowest BCUT2D eigenvalue weighted by Gasteiger charge is -2.36. The van der Waals surface area contributed by atoms with Crippen LogP contribution >= 0.6 is 0 Å². The molecule has 1 heterocycles. The van der Waals surface area contributed by atoms with Crippen molar-refractivity contribution < 1.29 is 4.57 Å². The molecular weight excluding hydrogens is 376 g/mol. The Hall–Kier alpha value is -2.35. The second-order valence-electron chi connectivity index (χ2n) is 9.26. The van der Waals surface area contributed by atoms with Crippen molar-refractivity contribution in [1.29, 1.82) is 0 Å². The maximum Gasteiger partial charge on any atom is 0.244 e. The van der Waals surface area contributed by atoms with Crippen LogP contribution in [0.25, 0.3) is 0 Å². The van der Waals surface area contributed by atoms with Crippen LogP contribution in [0.3, 0.4) is 0 Å². The minimum absolute atomic E-state index is 0.0244. The van der Waals surface area contributed by atoms with Gasteiger partial charge in [-0.3, -0.25) is 0 Å². The molecule has 1 aromatic heterocycles. The van der Waals surface area contributed by atoms with Crippen molar-refractivity contribution in [3.8, 4) is 0 Å². The van der Waals surface area contributed by atoms with Crippen molar-refractivity contribution in [2.75, 3.05) is 0 Å². The molecule has 0 fully saturated rings. The van der Waals surface area contributed by atoms with E-state index in [9.17, 15) is 0 Å². The highest BCUT2D eigenvalue weighted by Crippen LogP contribution is 2.41. The molecule has 0 radical (unpaired) electrons. The number of imidazole rings is 1. The molecule has 0 saturated carbocycles. The molecule has 0 aliphatic carbocycles. The number of aryl methyl sites for hydroxylation is 1. The van der Waals surface area contributed by atoms with Gasteiger partial charge in [0.1, 0.15) is 18.4 Å². The fourth-order valence-electron chi connectivity index (χ4n) is 4.95. The van der Waals surface area contributed by atoms with Gasteiger partial charge in [0, 0.05) is 5.41 Å². The van der Waals surface area contributed by atoms with Gasteiger partial charge in [0.05, 0.1) is 6.54 Å². The topological polar surface area (TPSA) is 8.81 Å². The normalized spacial score (nSPS) is 14.3. The van der Waals surface area contributed by atoms with Crippen molar-refractivity contribution >= 4 is 0 Å². The van der Waals surface area contributed by atoms with Crippen molar-refractivity contribution in [3.05, 3.63) is 90.5 Å². The van der Waals surface area contributed by atoms with E-state index in [-0.39, 0.29) is 5.41 Å². The number of hydrogen-bond acceptors (Lipinski definition) is 0. The monoisotopic (exact) mass is 417 g/mol. The zero-order valence-corrected chi connectivity index (χ0v) is 19.8. The van der Waals surface area contributed by atoms with Crippen LogP contribution in [0.4, 0.5) is 0 Å². The van der Waals surface area contributed by atoms with Crippen LogP contribution in [0.2, 0.25) is 0 Å². The Bertz CT molecular complexity index is 868. The van der Waals surface area contributed by atoms with Gasteiger partial charge in [0.2, 0.25) is 6.33 Å². The maximum absolute atomic E-state index is 2.49. The van der Waals surface area contributed by atoms with Crippen LogP contribution in [0, 0.1) is 0 Å². The largest absolute Gasteiger partial charge is 0.244 e. The van der Waals surface area contributed by atoms with Gasteiger partial charge in [-0.1, -0.05) is 107 Å². The van der Waals surface area contributed by atoms with E-state index in [2.05, 4.69) is 109 Å². The standard InChI is InChI=1S/C29H41N2/c1-4-6-7-8-15-21-30-22-23-31(25-30)28(16-5-2)29(3,27-19-13-10-14-20-27)24-26-17-11-9-12-18-26/h9-14,17-20,22-23,25,28H,4-8,15-16,21,24H2,1-3H3/q+1. The molecule has 0 saturated heterocycles. The van der Waals surface area contributed by atoms with E-state index in [1.54, 1.807) is 0 Å². The Morgan fingerprint density at radius 3 is 2.19 bits per heavy atom. The highest BCUT2D eigenvalue weighted by Gasteiger charge is 2.39. The van der Waals surface area contributed by atoms with Gasteiger partial charge in [0.15, 0.2) is 0 Å². The van der Waals surface area contributed by atoms with E-state index in [0.29, 0.717) is 6.04 Å². The zero-order chi connectivity index (χ0) is 21.9. The molecule has 2 heteroatoms. The van der Waals surface area contributed by atoms with E-state index in [1.165, 1.54) is 56.1 Å². The average molecular weight is 418 g/mol. The molecule has 0 spiro atoms. The van der Waals surface area contributed by atoms with Crippen LogP contribution in [0.15, 0.2) is 79.4 Å². The molecule has 3 rings (SSSR count). The Kier molecular flexibility index (Phi) is 8.94. The number of aromatic nitrogens is 2. The molecule has 0 aliphatic rings. The Balaban J connectivity index is 1.86. The van der Waals surface area contributed by atoms with Gasteiger partial charge in [-0.15, -0.1) is 0 Å². The smallest absolute Gasteiger partial charge is 0.237 e. The van der Waals surface area contributed by atoms with Crippen LogP contribution in [0.5, 0.6) is 0 Å². The summed E-state index contributed by atoms with van der Waals surface area (Å²) in [6, 6.07) is 22.5. The molecule has 31 heavy (non-hydrogen) atoms. The van der Waals surface area contributed by atoms with E-state index in [1.807, 2.05) is 0 Å². The van der Waals surface area contributed by atoms with E-state index >= 15 is 0 Å². The lowest BCUT2D eigenvalue weighted by atomic mass is 9.70. The van der Waals surface area contributed by atoms with Crippen molar-refractivity contribution in [2.24, 2.45) is 0 Å². The third-order valence-electron chi connectivity index (χ3n) is 6.74. The first-order valence-corrected chi connectivity index (χ1v) is 12.3. The van der Waals surface area contributed by atoms with Crippen LogP contribution in [0.1, 0.15) is 82.9 Å². The van der Waals surface area contributed by atoms with Gasteiger partial charge in [0.25, 0.3) is 0 Å². The highest BCUT2D eigenvalue weighted by atomic mass is 15.1. The second kappa shape index (κ2) is 11.9. The third-order valence-corrected chi connectivity index (χ3v) is 6.74. The first-order chi connectivity index (χ1) is 15.2. The summed E-state index contributed by atoms with van der Waals surface area (Å²) >= 11 is 0. The van der Waals surface area contributed by atoms with Crippen molar-refractivity contribution in [1.82, 2.24) is 4.57 Å². The number of rotatable bonds is 13. The summed E-state index contributed by atoms with van der Waals surface area (Å²) in [6.45, 7) is 8.18. The van der Waals surface area contributed by atoms with E-state index < -0.39 is 0 Å². The number of nitrogens with zero attached hydrogens (tertiary/aromatic N) is 2. The Labute approximate surface area is 190 Å². The molecule has 3 aromatic rings. The first kappa shape index (κ1) is 23.3. The summed E-state index contributed by atoms with van der Waals surface area (Å²) in [5.41, 5.74) is 2.86. The number of hydrogen-bond donors (Lipinski definition) is 0. The second-order valence-corrected chi connectivity index (χ2v) is 9.26. The van der Waals surface area contributed by atoms with Crippen LogP contribution in [-0.2, 0) is 18.4 Å². The third kappa shape index (κ3) is 6.32. The molecule has 166 valence electrons. The lowest BCUT2D eigenvalue weighted by molar-refractivity contribution is -0.697. The number of benzene rings is 2.